The van der Waals surface area contributed by atoms with E-state index in [1.165, 1.54) is 0 Å². The number of sulfonamides is 1. The minimum atomic E-state index is -3.52. The Morgan fingerprint density at radius 2 is 1.80 bits per heavy atom. The van der Waals surface area contributed by atoms with E-state index in [2.05, 4.69) is 18.7 Å². The third kappa shape index (κ3) is 3.32. The second kappa shape index (κ2) is 6.70. The molecule has 0 N–H and O–H groups in total. The average Bonchev–Trinajstić information content (AvgIpc) is 2.57. The van der Waals surface area contributed by atoms with E-state index in [9.17, 15) is 13.2 Å². The number of fused-ring (bicyclic) bond motifs is 1. The van der Waals surface area contributed by atoms with Gasteiger partial charge in [-0.1, -0.05) is 0 Å². The molecule has 0 radical (unpaired) electrons. The third-order valence-electron chi connectivity index (χ3n) is 5.51. The molecule has 3 rings (SSSR count). The summed E-state index contributed by atoms with van der Waals surface area (Å²) in [7, 11) is -1.48. The number of carbonyl (C=O) groups excluding carboxylic acids is 1. The first-order valence-corrected chi connectivity index (χ1v) is 10.3. The molecule has 1 saturated heterocycles. The molecule has 0 spiro atoms. The van der Waals surface area contributed by atoms with E-state index < -0.39 is 10.0 Å². The van der Waals surface area contributed by atoms with Gasteiger partial charge >= 0.3 is 0 Å². The van der Waals surface area contributed by atoms with E-state index in [1.54, 1.807) is 34.3 Å². The van der Waals surface area contributed by atoms with Gasteiger partial charge in [-0.3, -0.25) is 9.69 Å². The number of likely N-dealkylation sites (N-methyl/N-ethyl adjacent to an activating group) is 1. The first kappa shape index (κ1) is 18.4. The molecule has 0 aromatic heterocycles. The summed E-state index contributed by atoms with van der Waals surface area (Å²) >= 11 is 0. The molecule has 25 heavy (non-hydrogen) atoms. The Kier molecular flexibility index (Phi) is 4.92. The Morgan fingerprint density at radius 1 is 1.16 bits per heavy atom. The van der Waals surface area contributed by atoms with E-state index in [1.807, 2.05) is 7.05 Å². The molecule has 0 saturated carbocycles. The van der Waals surface area contributed by atoms with Crippen molar-refractivity contribution < 1.29 is 13.2 Å². The Bertz CT molecular complexity index is 766. The molecule has 7 heteroatoms. The van der Waals surface area contributed by atoms with Gasteiger partial charge in [0.1, 0.15) is 0 Å². The molecule has 0 bridgehead atoms. The maximum absolute atomic E-state index is 13.1. The standard InChI is InChI=1S/C18H27N3O3S/c1-13-11-20(12-14(2)19(13)4)25(23,24)17-7-8-18-16(10-17)6-5-9-21(18)15(3)22/h7-8,10,13-14H,5-6,9,11-12H2,1-4H3. The van der Waals surface area contributed by atoms with Gasteiger partial charge in [-0.2, -0.15) is 4.31 Å². The number of amides is 1. The number of nitrogens with zero attached hydrogens (tertiary/aromatic N) is 3. The van der Waals surface area contributed by atoms with Gasteiger partial charge in [0.15, 0.2) is 0 Å². The number of piperazine rings is 1. The predicted octanol–water partition coefficient (Wildman–Crippen LogP) is 1.70. The maximum atomic E-state index is 13.1. The van der Waals surface area contributed by atoms with Crippen LogP contribution in [0.4, 0.5) is 5.69 Å². The minimum absolute atomic E-state index is 0.00160. The van der Waals surface area contributed by atoms with Gasteiger partial charge in [-0.15, -0.1) is 0 Å². The van der Waals surface area contributed by atoms with Crippen LogP contribution in [-0.2, 0) is 21.2 Å². The van der Waals surface area contributed by atoms with E-state index in [-0.39, 0.29) is 18.0 Å². The fourth-order valence-corrected chi connectivity index (χ4v) is 5.42. The van der Waals surface area contributed by atoms with Gasteiger partial charge in [-0.25, -0.2) is 8.42 Å². The highest BCUT2D eigenvalue weighted by atomic mass is 32.2. The molecule has 1 fully saturated rings. The molecular weight excluding hydrogens is 338 g/mol. The monoisotopic (exact) mass is 365 g/mol. The SMILES string of the molecule is CC(=O)N1CCCc2cc(S(=O)(=O)N3CC(C)N(C)C(C)C3)ccc21. The van der Waals surface area contributed by atoms with Crippen LogP contribution >= 0.6 is 0 Å². The fraction of sp³-hybridized carbons (Fsp3) is 0.611. The van der Waals surface area contributed by atoms with Gasteiger partial charge in [0.2, 0.25) is 15.9 Å². The zero-order valence-corrected chi connectivity index (χ0v) is 16.2. The summed E-state index contributed by atoms with van der Waals surface area (Å²) in [5.41, 5.74) is 1.79. The van der Waals surface area contributed by atoms with Crippen molar-refractivity contribution in [2.45, 2.75) is 50.6 Å². The smallest absolute Gasteiger partial charge is 0.243 e. The zero-order valence-electron chi connectivity index (χ0n) is 15.4. The molecule has 1 aromatic rings. The van der Waals surface area contributed by atoms with Gasteiger partial charge < -0.3 is 4.90 Å². The predicted molar refractivity (Wildman–Crippen MR) is 98.2 cm³/mol. The van der Waals surface area contributed by atoms with Crippen molar-refractivity contribution in [3.8, 4) is 0 Å². The molecule has 2 atom stereocenters. The summed E-state index contributed by atoms with van der Waals surface area (Å²) in [6.45, 7) is 7.35. The molecular formula is C18H27N3O3S. The minimum Gasteiger partial charge on any atom is -0.312 e. The van der Waals surface area contributed by atoms with Crippen molar-refractivity contribution in [1.29, 1.82) is 0 Å². The molecule has 2 aliphatic heterocycles. The Hall–Kier alpha value is -1.44. The van der Waals surface area contributed by atoms with E-state index >= 15 is 0 Å². The molecule has 2 heterocycles. The van der Waals surface area contributed by atoms with Crippen LogP contribution in [0.25, 0.3) is 0 Å². The van der Waals surface area contributed by atoms with Crippen molar-refractivity contribution >= 4 is 21.6 Å². The number of aryl methyl sites for hydroxylation is 1. The van der Waals surface area contributed by atoms with Crippen molar-refractivity contribution in [3.63, 3.8) is 0 Å². The van der Waals surface area contributed by atoms with Gasteiger partial charge in [0, 0.05) is 44.3 Å². The van der Waals surface area contributed by atoms with Crippen molar-refractivity contribution in [2.75, 3.05) is 31.6 Å². The first-order chi connectivity index (χ1) is 11.7. The van der Waals surface area contributed by atoms with Crippen LogP contribution in [0.15, 0.2) is 23.1 Å². The van der Waals surface area contributed by atoms with Crippen LogP contribution in [0.3, 0.4) is 0 Å². The Labute approximate surface area is 150 Å². The van der Waals surface area contributed by atoms with Crippen LogP contribution < -0.4 is 4.90 Å². The molecule has 138 valence electrons. The molecule has 1 aromatic carbocycles. The van der Waals surface area contributed by atoms with Crippen LogP contribution in [0.1, 0.15) is 32.8 Å². The summed E-state index contributed by atoms with van der Waals surface area (Å²) < 4.78 is 27.8. The quantitative estimate of drug-likeness (QED) is 0.800. The lowest BCUT2D eigenvalue weighted by atomic mass is 10.0. The highest BCUT2D eigenvalue weighted by Crippen LogP contribution is 2.31. The van der Waals surface area contributed by atoms with Gasteiger partial charge in [0.05, 0.1) is 4.90 Å². The van der Waals surface area contributed by atoms with Crippen LogP contribution in [0.5, 0.6) is 0 Å². The van der Waals surface area contributed by atoms with Gasteiger partial charge in [0.25, 0.3) is 0 Å². The Morgan fingerprint density at radius 3 is 2.40 bits per heavy atom. The summed E-state index contributed by atoms with van der Waals surface area (Å²) in [5, 5.41) is 0. The third-order valence-corrected chi connectivity index (χ3v) is 7.34. The summed E-state index contributed by atoms with van der Waals surface area (Å²) in [6, 6.07) is 5.55. The number of benzene rings is 1. The van der Waals surface area contributed by atoms with Crippen molar-refractivity contribution in [3.05, 3.63) is 23.8 Å². The number of rotatable bonds is 2. The van der Waals surface area contributed by atoms with E-state index in [4.69, 9.17) is 0 Å². The lowest BCUT2D eigenvalue weighted by molar-refractivity contribution is -0.116. The second-order valence-corrected chi connectivity index (χ2v) is 9.19. The number of anilines is 1. The Balaban J connectivity index is 1.92. The number of hydrogen-bond acceptors (Lipinski definition) is 4. The summed E-state index contributed by atoms with van der Waals surface area (Å²) in [4.78, 5) is 16.1. The lowest BCUT2D eigenvalue weighted by Gasteiger charge is -2.41. The zero-order chi connectivity index (χ0) is 18.4. The maximum Gasteiger partial charge on any atom is 0.243 e. The summed E-state index contributed by atoms with van der Waals surface area (Å²) in [5.74, 6) is -0.00160. The first-order valence-electron chi connectivity index (χ1n) is 8.85. The van der Waals surface area contributed by atoms with Crippen molar-refractivity contribution in [2.24, 2.45) is 0 Å². The topological polar surface area (TPSA) is 60.9 Å². The molecule has 6 nitrogen and oxygen atoms in total. The second-order valence-electron chi connectivity index (χ2n) is 7.25. The molecule has 1 amide bonds. The molecule has 0 aliphatic carbocycles. The number of hydrogen-bond donors (Lipinski definition) is 0. The van der Waals surface area contributed by atoms with Crippen LogP contribution in [0.2, 0.25) is 0 Å². The average molecular weight is 365 g/mol. The highest BCUT2D eigenvalue weighted by Gasteiger charge is 2.35. The van der Waals surface area contributed by atoms with Crippen molar-refractivity contribution in [1.82, 2.24) is 9.21 Å². The number of carbonyl (C=O) groups is 1. The van der Waals surface area contributed by atoms with Crippen LogP contribution in [0, 0.1) is 0 Å². The van der Waals surface area contributed by atoms with E-state index in [0.29, 0.717) is 24.5 Å². The van der Waals surface area contributed by atoms with Gasteiger partial charge in [-0.05, 0) is 57.5 Å². The summed E-state index contributed by atoms with van der Waals surface area (Å²) in [6.07, 6.45) is 1.66. The highest BCUT2D eigenvalue weighted by molar-refractivity contribution is 7.89. The largest absolute Gasteiger partial charge is 0.312 e. The molecule has 2 unspecified atom stereocenters. The lowest BCUT2D eigenvalue weighted by Crippen LogP contribution is -2.56. The fourth-order valence-electron chi connectivity index (χ4n) is 3.76. The van der Waals surface area contributed by atoms with Crippen LogP contribution in [-0.4, -0.2) is 62.3 Å². The normalized spacial score (nSPS) is 25.7. The van der Waals surface area contributed by atoms with E-state index in [0.717, 1.165) is 24.1 Å². The molecule has 2 aliphatic rings.